The third-order valence-electron chi connectivity index (χ3n) is 4.10. The quantitative estimate of drug-likeness (QED) is 0.386. The number of anilines is 1. The van der Waals surface area contributed by atoms with Gasteiger partial charge in [-0.2, -0.15) is 0 Å². The molecule has 0 bridgehead atoms. The van der Waals surface area contributed by atoms with Gasteiger partial charge in [0.15, 0.2) is 0 Å². The number of furan rings is 1. The van der Waals surface area contributed by atoms with E-state index in [9.17, 15) is 0 Å². The third kappa shape index (κ3) is 3.44. The smallest absolute Gasteiger partial charge is 0.135 e. The Bertz CT molecular complexity index is 1040. The van der Waals surface area contributed by atoms with E-state index in [0.29, 0.717) is 11.6 Å². The molecule has 3 aromatic carbocycles. The highest BCUT2D eigenvalue weighted by molar-refractivity contribution is 9.10. The van der Waals surface area contributed by atoms with Crippen LogP contribution in [0, 0.1) is 0 Å². The molecular formula is C21H15BrClNO. The molecule has 4 rings (SSSR count). The van der Waals surface area contributed by atoms with Crippen LogP contribution in [-0.4, -0.2) is 0 Å². The maximum Gasteiger partial charge on any atom is 0.135 e. The summed E-state index contributed by atoms with van der Waals surface area (Å²) < 4.78 is 6.91. The van der Waals surface area contributed by atoms with Gasteiger partial charge in [0.1, 0.15) is 11.5 Å². The van der Waals surface area contributed by atoms with Crippen molar-refractivity contribution < 1.29 is 4.42 Å². The van der Waals surface area contributed by atoms with E-state index in [1.807, 2.05) is 42.5 Å². The summed E-state index contributed by atoms with van der Waals surface area (Å²) in [5.41, 5.74) is 1.99. The van der Waals surface area contributed by atoms with Crippen molar-refractivity contribution in [2.24, 2.45) is 0 Å². The maximum absolute atomic E-state index is 6.31. The average Bonchev–Trinajstić information content (AvgIpc) is 3.08. The summed E-state index contributed by atoms with van der Waals surface area (Å²) in [5, 5.41) is 6.54. The number of halogens is 2. The number of rotatable bonds is 4. The van der Waals surface area contributed by atoms with Crippen molar-refractivity contribution in [2.45, 2.75) is 6.54 Å². The second kappa shape index (κ2) is 6.95. The van der Waals surface area contributed by atoms with E-state index in [-0.39, 0.29) is 0 Å². The van der Waals surface area contributed by atoms with Gasteiger partial charge in [-0.1, -0.05) is 63.9 Å². The van der Waals surface area contributed by atoms with Gasteiger partial charge < -0.3 is 9.73 Å². The molecule has 1 heterocycles. The highest BCUT2D eigenvalue weighted by Gasteiger charge is 2.09. The average molecular weight is 413 g/mol. The van der Waals surface area contributed by atoms with Crippen molar-refractivity contribution in [1.29, 1.82) is 0 Å². The molecular weight excluding hydrogens is 398 g/mol. The standard InChI is InChI=1S/C21H15BrClNO/c22-15-8-10-18(19(23)12-15)21-11-9-16(25-21)13-24-20-7-3-5-14-4-1-2-6-17(14)20/h1-12,24H,13H2. The van der Waals surface area contributed by atoms with Crippen LogP contribution < -0.4 is 5.32 Å². The first-order chi connectivity index (χ1) is 12.2. The molecule has 25 heavy (non-hydrogen) atoms. The molecule has 0 aliphatic rings. The van der Waals surface area contributed by atoms with E-state index < -0.39 is 0 Å². The Hall–Kier alpha value is -2.23. The minimum absolute atomic E-state index is 0.613. The van der Waals surface area contributed by atoms with Crippen LogP contribution >= 0.6 is 27.5 Å². The topological polar surface area (TPSA) is 25.2 Å². The van der Waals surface area contributed by atoms with Crippen molar-refractivity contribution in [1.82, 2.24) is 0 Å². The SMILES string of the molecule is Clc1cc(Br)ccc1-c1ccc(CNc2cccc3ccccc23)o1. The monoisotopic (exact) mass is 411 g/mol. The zero-order chi connectivity index (χ0) is 17.2. The van der Waals surface area contributed by atoms with Gasteiger partial charge in [0.2, 0.25) is 0 Å². The van der Waals surface area contributed by atoms with Crippen LogP contribution in [0.1, 0.15) is 5.76 Å². The van der Waals surface area contributed by atoms with E-state index in [4.69, 9.17) is 16.0 Å². The molecule has 0 unspecified atom stereocenters. The fourth-order valence-electron chi connectivity index (χ4n) is 2.87. The van der Waals surface area contributed by atoms with Crippen molar-refractivity contribution in [3.8, 4) is 11.3 Å². The van der Waals surface area contributed by atoms with Crippen LogP contribution in [0.3, 0.4) is 0 Å². The van der Waals surface area contributed by atoms with Crippen LogP contribution in [0.4, 0.5) is 5.69 Å². The molecule has 0 saturated carbocycles. The number of hydrogen-bond donors (Lipinski definition) is 1. The molecule has 0 atom stereocenters. The number of nitrogens with one attached hydrogen (secondary N) is 1. The summed E-state index contributed by atoms with van der Waals surface area (Å²) in [4.78, 5) is 0. The fraction of sp³-hybridized carbons (Fsp3) is 0.0476. The van der Waals surface area contributed by atoms with Gasteiger partial charge in [-0.15, -0.1) is 0 Å². The van der Waals surface area contributed by atoms with E-state index >= 15 is 0 Å². The molecule has 0 fully saturated rings. The minimum atomic E-state index is 0.613. The summed E-state index contributed by atoms with van der Waals surface area (Å²) in [6, 6.07) is 24.3. The predicted molar refractivity (Wildman–Crippen MR) is 108 cm³/mol. The highest BCUT2D eigenvalue weighted by Crippen LogP contribution is 2.32. The summed E-state index contributed by atoms with van der Waals surface area (Å²) in [5.74, 6) is 1.63. The van der Waals surface area contributed by atoms with Crippen molar-refractivity contribution >= 4 is 44.0 Å². The Labute approximate surface area is 159 Å². The molecule has 0 aliphatic heterocycles. The molecule has 0 spiro atoms. The lowest BCUT2D eigenvalue weighted by Crippen LogP contribution is -1.98. The summed E-state index contributed by atoms with van der Waals surface area (Å²) in [6.07, 6.45) is 0. The zero-order valence-corrected chi connectivity index (χ0v) is 15.6. The predicted octanol–water partition coefficient (Wildman–Crippen LogP) is 7.13. The van der Waals surface area contributed by atoms with Gasteiger partial charge in [0, 0.05) is 21.1 Å². The molecule has 124 valence electrons. The molecule has 0 aliphatic carbocycles. The maximum atomic E-state index is 6.31. The molecule has 4 heteroatoms. The van der Waals surface area contributed by atoms with Crippen molar-refractivity contribution in [2.75, 3.05) is 5.32 Å². The van der Waals surface area contributed by atoms with E-state index in [1.165, 1.54) is 10.8 Å². The minimum Gasteiger partial charge on any atom is -0.459 e. The normalized spacial score (nSPS) is 11.0. The molecule has 0 amide bonds. The Kier molecular flexibility index (Phi) is 4.51. The Morgan fingerprint density at radius 1 is 0.920 bits per heavy atom. The van der Waals surface area contributed by atoms with Crippen LogP contribution in [0.25, 0.3) is 22.1 Å². The van der Waals surface area contributed by atoms with E-state index in [1.54, 1.807) is 0 Å². The van der Waals surface area contributed by atoms with Gasteiger partial charge >= 0.3 is 0 Å². The number of fused-ring (bicyclic) bond motifs is 1. The van der Waals surface area contributed by atoms with Crippen LogP contribution in [0.15, 0.2) is 81.7 Å². The van der Waals surface area contributed by atoms with Crippen molar-refractivity contribution in [3.05, 3.63) is 88.1 Å². The second-order valence-corrected chi connectivity index (χ2v) is 7.09. The zero-order valence-electron chi connectivity index (χ0n) is 13.3. The molecule has 0 saturated heterocycles. The summed E-state index contributed by atoms with van der Waals surface area (Å²) >= 11 is 9.73. The van der Waals surface area contributed by atoms with Gasteiger partial charge in [-0.3, -0.25) is 0 Å². The van der Waals surface area contributed by atoms with Gasteiger partial charge in [-0.05, 0) is 41.8 Å². The second-order valence-electron chi connectivity index (χ2n) is 5.77. The summed E-state index contributed by atoms with van der Waals surface area (Å²) in [7, 11) is 0. The lowest BCUT2D eigenvalue weighted by Gasteiger charge is -2.08. The lowest BCUT2D eigenvalue weighted by molar-refractivity contribution is 0.531. The molecule has 2 nitrogen and oxygen atoms in total. The molecule has 0 radical (unpaired) electrons. The summed E-state index contributed by atoms with van der Waals surface area (Å²) in [6.45, 7) is 0.613. The molecule has 4 aromatic rings. The first-order valence-electron chi connectivity index (χ1n) is 7.96. The molecule has 1 aromatic heterocycles. The number of benzene rings is 3. The van der Waals surface area contributed by atoms with Crippen LogP contribution in [0.5, 0.6) is 0 Å². The highest BCUT2D eigenvalue weighted by atomic mass is 79.9. The fourth-order valence-corrected chi connectivity index (χ4v) is 3.64. The van der Waals surface area contributed by atoms with Gasteiger partial charge in [0.05, 0.1) is 11.6 Å². The third-order valence-corrected chi connectivity index (χ3v) is 4.91. The van der Waals surface area contributed by atoms with Gasteiger partial charge in [-0.25, -0.2) is 0 Å². The first-order valence-corrected chi connectivity index (χ1v) is 9.13. The Morgan fingerprint density at radius 3 is 2.64 bits per heavy atom. The van der Waals surface area contributed by atoms with Gasteiger partial charge in [0.25, 0.3) is 0 Å². The van der Waals surface area contributed by atoms with Crippen molar-refractivity contribution in [3.63, 3.8) is 0 Å². The van der Waals surface area contributed by atoms with E-state index in [2.05, 4.69) is 51.6 Å². The van der Waals surface area contributed by atoms with Crippen LogP contribution in [-0.2, 0) is 6.54 Å². The molecule has 1 N–H and O–H groups in total. The van der Waals surface area contributed by atoms with E-state index in [0.717, 1.165) is 27.2 Å². The first kappa shape index (κ1) is 16.2. The lowest BCUT2D eigenvalue weighted by atomic mass is 10.1. The Balaban J connectivity index is 1.55. The largest absolute Gasteiger partial charge is 0.459 e. The number of hydrogen-bond acceptors (Lipinski definition) is 2. The Morgan fingerprint density at radius 2 is 1.76 bits per heavy atom. The van der Waals surface area contributed by atoms with Crippen LogP contribution in [0.2, 0.25) is 5.02 Å².